The van der Waals surface area contributed by atoms with Crippen LogP contribution in [-0.2, 0) is 23.6 Å². The summed E-state index contributed by atoms with van der Waals surface area (Å²) in [5.74, 6) is -0.0616. The van der Waals surface area contributed by atoms with Crippen molar-refractivity contribution in [2.75, 3.05) is 57.1 Å². The minimum absolute atomic E-state index is 0.0931. The van der Waals surface area contributed by atoms with Crippen LogP contribution < -0.4 is 36.5 Å². The second kappa shape index (κ2) is 19.7. The Morgan fingerprint density at radius 1 is 0.900 bits per heavy atom. The first-order valence-corrected chi connectivity index (χ1v) is 19.6. The largest absolute Gasteiger partial charge is 0.493 e. The van der Waals surface area contributed by atoms with Gasteiger partial charge in [-0.25, -0.2) is 9.78 Å². The summed E-state index contributed by atoms with van der Waals surface area (Å²) in [6, 6.07) is 12.1. The number of carbonyl (C=O) groups is 5. The van der Waals surface area contributed by atoms with Gasteiger partial charge >= 0.3 is 6.09 Å². The van der Waals surface area contributed by atoms with Crippen molar-refractivity contribution in [3.8, 4) is 22.6 Å². The van der Waals surface area contributed by atoms with Crippen molar-refractivity contribution in [2.24, 2.45) is 24.8 Å². The van der Waals surface area contributed by atoms with Gasteiger partial charge in [-0.05, 0) is 62.1 Å². The average molecular weight is 823 g/mol. The van der Waals surface area contributed by atoms with Crippen LogP contribution in [0.25, 0.3) is 11.1 Å². The smallest absolute Gasteiger partial charge is 0.407 e. The van der Waals surface area contributed by atoms with Crippen molar-refractivity contribution >= 4 is 53.1 Å². The highest BCUT2D eigenvalue weighted by Gasteiger charge is 2.34. The number of nitrogens with zero attached hydrogens (tertiary/aromatic N) is 5. The normalized spacial score (nSPS) is 14.2. The minimum Gasteiger partial charge on any atom is -0.493 e. The summed E-state index contributed by atoms with van der Waals surface area (Å²) in [7, 11) is 4.93. The molecule has 1 fully saturated rings. The Bertz CT molecular complexity index is 2280. The lowest BCUT2D eigenvalue weighted by atomic mass is 10.1. The molecule has 2 aliphatic heterocycles. The molecule has 1 saturated heterocycles. The number of aromatic nitrogens is 3. The predicted molar refractivity (Wildman–Crippen MR) is 225 cm³/mol. The van der Waals surface area contributed by atoms with Crippen molar-refractivity contribution in [2.45, 2.75) is 38.1 Å². The lowest BCUT2D eigenvalue weighted by molar-refractivity contribution is -0.116. The third-order valence-corrected chi connectivity index (χ3v) is 9.81. The SMILES string of the molecule is C=C1C[C@H]2C=Nc3cc(OCCCC(=O)Nc4cn(C)c(C(=O)Nc5ccc(-c6cc(C(=O)NCCCOC(=O)NCCCN)n(C)c6)cc5)n4)c(OC)cc3C(=O)N2C1. The molecule has 0 bridgehead atoms. The number of benzene rings is 2. The number of aryl methyl sites for hydroxylation is 2. The van der Waals surface area contributed by atoms with Crippen LogP contribution in [0.3, 0.4) is 0 Å². The Balaban J connectivity index is 0.944. The van der Waals surface area contributed by atoms with E-state index in [2.05, 4.69) is 37.8 Å². The van der Waals surface area contributed by atoms with Gasteiger partial charge in [-0.3, -0.25) is 24.2 Å². The van der Waals surface area contributed by atoms with Gasteiger partial charge in [-0.15, -0.1) is 0 Å². The molecule has 0 aliphatic carbocycles. The predicted octanol–water partition coefficient (Wildman–Crippen LogP) is 4.17. The summed E-state index contributed by atoms with van der Waals surface area (Å²) in [4.78, 5) is 74.3. The van der Waals surface area contributed by atoms with Crippen molar-refractivity contribution < 1.29 is 38.2 Å². The Morgan fingerprint density at radius 2 is 1.68 bits per heavy atom. The lowest BCUT2D eigenvalue weighted by Crippen LogP contribution is -2.35. The van der Waals surface area contributed by atoms with Gasteiger partial charge in [0.25, 0.3) is 17.7 Å². The Hall–Kier alpha value is -6.95. The number of aliphatic imine (C=N–C) groups is 1. The van der Waals surface area contributed by atoms with Crippen LogP contribution in [0.5, 0.6) is 11.5 Å². The number of hydrogen-bond donors (Lipinski definition) is 5. The second-order valence-corrected chi connectivity index (χ2v) is 14.4. The molecule has 2 aromatic carbocycles. The minimum atomic E-state index is -0.513. The molecule has 18 heteroatoms. The molecule has 60 heavy (non-hydrogen) atoms. The lowest BCUT2D eigenvalue weighted by Gasteiger charge is -2.20. The fourth-order valence-electron chi connectivity index (χ4n) is 6.72. The summed E-state index contributed by atoms with van der Waals surface area (Å²) >= 11 is 0. The topological polar surface area (TPSA) is 226 Å². The number of alkyl carbamates (subject to hydrolysis) is 1. The number of rotatable bonds is 18. The summed E-state index contributed by atoms with van der Waals surface area (Å²) in [6.07, 6.45) is 6.93. The van der Waals surface area contributed by atoms with E-state index in [9.17, 15) is 24.0 Å². The summed E-state index contributed by atoms with van der Waals surface area (Å²) in [6.45, 7) is 6.12. The zero-order valence-corrected chi connectivity index (χ0v) is 33.9. The number of imidazole rings is 1. The molecule has 0 saturated carbocycles. The highest BCUT2D eigenvalue weighted by Crippen LogP contribution is 2.38. The number of nitrogens with two attached hydrogens (primary N) is 1. The van der Waals surface area contributed by atoms with Gasteiger partial charge in [0.2, 0.25) is 11.7 Å². The quantitative estimate of drug-likeness (QED) is 0.0712. The molecular formula is C42H50N10O8. The maximum absolute atomic E-state index is 13.2. The molecule has 6 N–H and O–H groups in total. The van der Waals surface area contributed by atoms with Crippen molar-refractivity contribution in [1.82, 2.24) is 29.7 Å². The molecule has 18 nitrogen and oxygen atoms in total. The van der Waals surface area contributed by atoms with Crippen molar-refractivity contribution in [3.05, 3.63) is 84.1 Å². The van der Waals surface area contributed by atoms with Gasteiger partial charge in [0, 0.05) is 76.1 Å². The maximum Gasteiger partial charge on any atom is 0.407 e. The van der Waals surface area contributed by atoms with E-state index in [-0.39, 0.29) is 55.0 Å². The fourth-order valence-corrected chi connectivity index (χ4v) is 6.72. The van der Waals surface area contributed by atoms with E-state index in [1.807, 2.05) is 18.3 Å². The van der Waals surface area contributed by atoms with E-state index in [4.69, 9.17) is 19.9 Å². The molecule has 1 atom stereocenters. The van der Waals surface area contributed by atoms with E-state index < -0.39 is 12.0 Å². The third kappa shape index (κ3) is 10.6. The van der Waals surface area contributed by atoms with E-state index in [1.54, 1.807) is 66.3 Å². The molecule has 0 spiro atoms. The molecule has 4 aromatic rings. The zero-order valence-electron chi connectivity index (χ0n) is 33.9. The Kier molecular flexibility index (Phi) is 14.0. The summed E-state index contributed by atoms with van der Waals surface area (Å²) in [5.41, 5.74) is 9.93. The monoisotopic (exact) mass is 822 g/mol. The highest BCUT2D eigenvalue weighted by molar-refractivity contribution is 6.04. The molecule has 6 rings (SSSR count). The number of anilines is 2. The summed E-state index contributed by atoms with van der Waals surface area (Å²) < 4.78 is 19.8. The molecular weight excluding hydrogens is 773 g/mol. The van der Waals surface area contributed by atoms with Crippen LogP contribution in [0.2, 0.25) is 0 Å². The number of methoxy groups -OCH3 is 1. The van der Waals surface area contributed by atoms with Crippen molar-refractivity contribution in [3.63, 3.8) is 0 Å². The highest BCUT2D eigenvalue weighted by atomic mass is 16.5. The first-order chi connectivity index (χ1) is 28.9. The van der Waals surface area contributed by atoms with Crippen LogP contribution in [0.4, 0.5) is 22.0 Å². The maximum atomic E-state index is 13.2. The van der Waals surface area contributed by atoms with Gasteiger partial charge in [0.05, 0.1) is 37.6 Å². The molecule has 5 amide bonds. The van der Waals surface area contributed by atoms with Crippen LogP contribution in [0.1, 0.15) is 63.6 Å². The van der Waals surface area contributed by atoms with E-state index in [1.165, 1.54) is 11.7 Å². The molecule has 4 heterocycles. The second-order valence-electron chi connectivity index (χ2n) is 14.4. The van der Waals surface area contributed by atoms with Crippen LogP contribution >= 0.6 is 0 Å². The number of nitrogens with one attached hydrogen (secondary N) is 4. The van der Waals surface area contributed by atoms with E-state index in [0.29, 0.717) is 86.0 Å². The molecule has 0 unspecified atom stereocenters. The Labute approximate surface area is 347 Å². The van der Waals surface area contributed by atoms with E-state index >= 15 is 0 Å². The molecule has 2 aliphatic rings. The first-order valence-electron chi connectivity index (χ1n) is 19.6. The summed E-state index contributed by atoms with van der Waals surface area (Å²) in [5, 5.41) is 11.0. The van der Waals surface area contributed by atoms with Crippen LogP contribution in [-0.4, -0.2) is 107 Å². The standard InChI is InChI=1S/C42H50N10O8/c1-26-18-30-22-46-32-21-35(34(58-4)20-31(32)41(56)52(30)23-26)59-16-5-8-37(53)48-36-25-51(3)38(49-36)40(55)47-29-11-9-27(10-12-29)28-19-33(50(2)24-28)39(54)44-15-7-17-60-42(57)45-14-6-13-43/h9-12,19-22,24-25,30H,1,5-8,13-18,23,43H2,2-4H3,(H,44,54)(H,45,57)(H,47,55)(H,48,53)/t30-/m0/s1. The molecule has 2 aromatic heterocycles. The zero-order chi connectivity index (χ0) is 42.8. The van der Waals surface area contributed by atoms with Gasteiger partial charge < -0.3 is 55.2 Å². The number of ether oxygens (including phenoxy) is 3. The van der Waals surface area contributed by atoms with E-state index in [0.717, 1.165) is 16.7 Å². The first kappa shape index (κ1) is 42.7. The van der Waals surface area contributed by atoms with Gasteiger partial charge in [0.1, 0.15) is 5.69 Å². The fraction of sp³-hybridized carbons (Fsp3) is 0.357. The van der Waals surface area contributed by atoms with Crippen LogP contribution in [0.15, 0.2) is 72.0 Å². The average Bonchev–Trinajstić information content (AvgIpc) is 3.91. The van der Waals surface area contributed by atoms with Gasteiger partial charge in [-0.2, -0.15) is 0 Å². The van der Waals surface area contributed by atoms with Crippen LogP contribution in [0, 0.1) is 0 Å². The number of fused-ring (bicyclic) bond motifs is 2. The van der Waals surface area contributed by atoms with Crippen molar-refractivity contribution in [1.29, 1.82) is 0 Å². The van der Waals surface area contributed by atoms with Gasteiger partial charge in [-0.1, -0.05) is 24.3 Å². The molecule has 316 valence electrons. The molecule has 0 radical (unpaired) electrons. The number of amides is 5. The third-order valence-electron chi connectivity index (χ3n) is 9.81. The number of hydrogen-bond acceptors (Lipinski definition) is 11. The van der Waals surface area contributed by atoms with Gasteiger partial charge in [0.15, 0.2) is 17.3 Å². The Morgan fingerprint density at radius 3 is 2.45 bits per heavy atom. The number of carbonyl (C=O) groups excluding carboxylic acids is 5.